The van der Waals surface area contributed by atoms with Crippen molar-refractivity contribution in [3.8, 4) is 0 Å². The van der Waals surface area contributed by atoms with E-state index in [-0.39, 0.29) is 0 Å². The molecule has 78 valence electrons. The number of aromatic nitrogens is 2. The van der Waals surface area contributed by atoms with Crippen LogP contribution >= 0.6 is 23.2 Å². The molecule has 0 radical (unpaired) electrons. The van der Waals surface area contributed by atoms with E-state index in [1.165, 1.54) is 6.33 Å². The second-order valence-corrected chi connectivity index (χ2v) is 3.93. The summed E-state index contributed by atoms with van der Waals surface area (Å²) in [5, 5.41) is 0.428. The number of anilines is 1. The van der Waals surface area contributed by atoms with E-state index in [0.29, 0.717) is 17.1 Å². The van der Waals surface area contributed by atoms with Crippen LogP contribution in [0.4, 0.5) is 5.82 Å². The molecule has 0 amide bonds. The van der Waals surface area contributed by atoms with Crippen LogP contribution in [0.3, 0.4) is 0 Å². The van der Waals surface area contributed by atoms with Crippen molar-refractivity contribution in [1.82, 2.24) is 9.97 Å². The Labute approximate surface area is 94.1 Å². The number of halogens is 2. The average Bonchev–Trinajstić information content (AvgIpc) is 2.16. The van der Waals surface area contributed by atoms with Crippen LogP contribution in [0.2, 0.25) is 5.15 Å². The fraction of sp³-hybridized carbons (Fsp3) is 0.556. The zero-order chi connectivity index (χ0) is 10.7. The van der Waals surface area contributed by atoms with Crippen LogP contribution in [0, 0.1) is 0 Å². The predicted molar refractivity (Wildman–Crippen MR) is 60.1 cm³/mol. The first-order valence-electron chi connectivity index (χ1n) is 4.36. The Hall–Kier alpha value is -0.540. The first-order valence-corrected chi connectivity index (χ1v) is 5.27. The molecule has 0 saturated carbocycles. The summed E-state index contributed by atoms with van der Waals surface area (Å²) in [5.41, 5.74) is 0.784. The van der Waals surface area contributed by atoms with Gasteiger partial charge in [0.25, 0.3) is 0 Å². The molecule has 1 rings (SSSR count). The largest absolute Gasteiger partial charge is 0.357 e. The Morgan fingerprint density at radius 3 is 2.57 bits per heavy atom. The van der Waals surface area contributed by atoms with Crippen LogP contribution in [0.5, 0.6) is 0 Å². The summed E-state index contributed by atoms with van der Waals surface area (Å²) < 4.78 is 0. The topological polar surface area (TPSA) is 29.0 Å². The molecule has 0 bridgehead atoms. The number of hydrogen-bond donors (Lipinski definition) is 0. The van der Waals surface area contributed by atoms with Crippen LogP contribution in [-0.4, -0.2) is 23.1 Å². The van der Waals surface area contributed by atoms with Crippen molar-refractivity contribution in [3.05, 3.63) is 17.0 Å². The second kappa shape index (κ2) is 4.80. The van der Waals surface area contributed by atoms with Gasteiger partial charge in [-0.1, -0.05) is 11.6 Å². The van der Waals surface area contributed by atoms with E-state index in [9.17, 15) is 0 Å². The Morgan fingerprint density at radius 2 is 2.07 bits per heavy atom. The van der Waals surface area contributed by atoms with Gasteiger partial charge in [-0.15, -0.1) is 11.6 Å². The lowest BCUT2D eigenvalue weighted by molar-refractivity contribution is 0.737. The standard InChI is InChI=1S/C9H13Cl2N3/c1-6(2)14(3)9-7(4-10)8(11)12-5-13-9/h5-6H,4H2,1-3H3. The smallest absolute Gasteiger partial charge is 0.138 e. The Morgan fingerprint density at radius 1 is 1.43 bits per heavy atom. The molecule has 5 heteroatoms. The third kappa shape index (κ3) is 2.28. The highest BCUT2D eigenvalue weighted by molar-refractivity contribution is 6.31. The third-order valence-corrected chi connectivity index (χ3v) is 2.71. The lowest BCUT2D eigenvalue weighted by Crippen LogP contribution is -2.27. The Kier molecular flexibility index (Phi) is 3.96. The molecule has 3 nitrogen and oxygen atoms in total. The average molecular weight is 234 g/mol. The highest BCUT2D eigenvalue weighted by Crippen LogP contribution is 2.25. The molecular formula is C9H13Cl2N3. The summed E-state index contributed by atoms with van der Waals surface area (Å²) in [6, 6.07) is 0.350. The molecule has 0 N–H and O–H groups in total. The van der Waals surface area contributed by atoms with Gasteiger partial charge >= 0.3 is 0 Å². The fourth-order valence-corrected chi connectivity index (χ4v) is 1.56. The van der Waals surface area contributed by atoms with Crippen molar-refractivity contribution in [3.63, 3.8) is 0 Å². The minimum absolute atomic E-state index is 0.325. The first kappa shape index (κ1) is 11.5. The minimum atomic E-state index is 0.325. The van der Waals surface area contributed by atoms with E-state index >= 15 is 0 Å². The maximum absolute atomic E-state index is 5.92. The number of rotatable bonds is 3. The van der Waals surface area contributed by atoms with Crippen molar-refractivity contribution in [1.29, 1.82) is 0 Å². The van der Waals surface area contributed by atoms with Crippen LogP contribution < -0.4 is 4.90 Å². The van der Waals surface area contributed by atoms with E-state index in [0.717, 1.165) is 11.4 Å². The molecule has 0 aliphatic heterocycles. The summed E-state index contributed by atoms with van der Waals surface area (Å²) in [6.07, 6.45) is 1.45. The zero-order valence-corrected chi connectivity index (χ0v) is 9.97. The van der Waals surface area contributed by atoms with E-state index in [4.69, 9.17) is 23.2 Å². The van der Waals surface area contributed by atoms with Gasteiger partial charge in [-0.2, -0.15) is 0 Å². The summed E-state index contributed by atoms with van der Waals surface area (Å²) in [4.78, 5) is 10.1. The number of nitrogens with zero attached hydrogens (tertiary/aromatic N) is 3. The lowest BCUT2D eigenvalue weighted by atomic mass is 10.3. The molecule has 1 heterocycles. The van der Waals surface area contributed by atoms with E-state index in [2.05, 4.69) is 23.8 Å². The van der Waals surface area contributed by atoms with Crippen LogP contribution in [0.1, 0.15) is 19.4 Å². The third-order valence-electron chi connectivity index (χ3n) is 2.11. The molecule has 0 saturated heterocycles. The summed E-state index contributed by atoms with van der Waals surface area (Å²) in [6.45, 7) is 4.15. The van der Waals surface area contributed by atoms with Gasteiger partial charge in [-0.25, -0.2) is 9.97 Å². The van der Waals surface area contributed by atoms with E-state index in [1.54, 1.807) is 0 Å². The Bertz CT molecular complexity index is 315. The van der Waals surface area contributed by atoms with E-state index in [1.807, 2.05) is 11.9 Å². The molecule has 0 aromatic carbocycles. The molecule has 0 atom stereocenters. The second-order valence-electron chi connectivity index (χ2n) is 3.30. The zero-order valence-electron chi connectivity index (χ0n) is 8.46. The first-order chi connectivity index (χ1) is 6.57. The summed E-state index contributed by atoms with van der Waals surface area (Å²) >= 11 is 11.7. The van der Waals surface area contributed by atoms with Gasteiger partial charge in [-0.3, -0.25) is 0 Å². The van der Waals surface area contributed by atoms with Crippen molar-refractivity contribution in [2.24, 2.45) is 0 Å². The summed E-state index contributed by atoms with van der Waals surface area (Å²) in [5.74, 6) is 1.13. The molecule has 14 heavy (non-hydrogen) atoms. The van der Waals surface area contributed by atoms with Gasteiger partial charge in [0.1, 0.15) is 17.3 Å². The SMILES string of the molecule is CC(C)N(C)c1ncnc(Cl)c1CCl. The predicted octanol–water partition coefficient (Wildman–Crippen LogP) is 2.71. The molecule has 0 aliphatic carbocycles. The normalized spacial score (nSPS) is 10.7. The number of hydrogen-bond acceptors (Lipinski definition) is 3. The van der Waals surface area contributed by atoms with Crippen molar-refractivity contribution in [2.75, 3.05) is 11.9 Å². The number of alkyl halides is 1. The van der Waals surface area contributed by atoms with Gasteiger partial charge < -0.3 is 4.90 Å². The van der Waals surface area contributed by atoms with Crippen LogP contribution in [0.25, 0.3) is 0 Å². The lowest BCUT2D eigenvalue weighted by Gasteiger charge is -2.24. The fourth-order valence-electron chi connectivity index (χ4n) is 1.05. The molecule has 0 fully saturated rings. The molecule has 0 unspecified atom stereocenters. The molecule has 0 spiro atoms. The van der Waals surface area contributed by atoms with Crippen molar-refractivity contribution < 1.29 is 0 Å². The van der Waals surface area contributed by atoms with Gasteiger partial charge in [0, 0.05) is 18.7 Å². The van der Waals surface area contributed by atoms with Crippen LogP contribution in [0.15, 0.2) is 6.33 Å². The van der Waals surface area contributed by atoms with Crippen molar-refractivity contribution >= 4 is 29.0 Å². The highest BCUT2D eigenvalue weighted by atomic mass is 35.5. The van der Waals surface area contributed by atoms with Gasteiger partial charge in [0.2, 0.25) is 0 Å². The van der Waals surface area contributed by atoms with Gasteiger partial charge in [0.15, 0.2) is 0 Å². The van der Waals surface area contributed by atoms with Gasteiger partial charge in [0.05, 0.1) is 5.88 Å². The van der Waals surface area contributed by atoms with Crippen molar-refractivity contribution in [2.45, 2.75) is 25.8 Å². The van der Waals surface area contributed by atoms with Gasteiger partial charge in [-0.05, 0) is 13.8 Å². The molecule has 1 aromatic rings. The molecule has 1 aromatic heterocycles. The minimum Gasteiger partial charge on any atom is -0.357 e. The highest BCUT2D eigenvalue weighted by Gasteiger charge is 2.14. The van der Waals surface area contributed by atoms with Crippen LogP contribution in [-0.2, 0) is 5.88 Å². The quantitative estimate of drug-likeness (QED) is 0.594. The maximum Gasteiger partial charge on any atom is 0.138 e. The molecular weight excluding hydrogens is 221 g/mol. The monoisotopic (exact) mass is 233 g/mol. The maximum atomic E-state index is 5.92. The Balaban J connectivity index is 3.13. The summed E-state index contributed by atoms with van der Waals surface area (Å²) in [7, 11) is 1.96. The molecule has 0 aliphatic rings. The van der Waals surface area contributed by atoms with E-state index < -0.39 is 0 Å².